The average molecular weight is 216 g/mol. The lowest BCUT2D eigenvalue weighted by atomic mass is 10.2. The zero-order valence-electron chi connectivity index (χ0n) is 8.25. The molecule has 1 heterocycles. The van der Waals surface area contributed by atoms with E-state index in [2.05, 4.69) is 0 Å². The predicted molar refractivity (Wildman–Crippen MR) is 55.5 cm³/mol. The predicted octanol–water partition coefficient (Wildman–Crippen LogP) is 2.31. The lowest BCUT2D eigenvalue weighted by Gasteiger charge is -2.01. The molecule has 0 aliphatic rings. The normalized spacial score (nSPS) is 9.75. The van der Waals surface area contributed by atoms with Crippen LogP contribution in [-0.4, -0.2) is 12.3 Å². The zero-order valence-corrected chi connectivity index (χ0v) is 8.25. The van der Waals surface area contributed by atoms with Crippen LogP contribution in [0.5, 0.6) is 5.75 Å². The fourth-order valence-corrected chi connectivity index (χ4v) is 1.20. The van der Waals surface area contributed by atoms with E-state index in [4.69, 9.17) is 9.15 Å². The van der Waals surface area contributed by atoms with Crippen LogP contribution < -0.4 is 4.74 Å². The Hall–Kier alpha value is -2.36. The van der Waals surface area contributed by atoms with Crippen molar-refractivity contribution in [3.63, 3.8) is 0 Å². The van der Waals surface area contributed by atoms with Crippen LogP contribution in [0.4, 0.5) is 0 Å². The van der Waals surface area contributed by atoms with Gasteiger partial charge in [0.05, 0.1) is 6.26 Å². The molecule has 0 atom stereocenters. The van der Waals surface area contributed by atoms with E-state index in [1.165, 1.54) is 18.4 Å². The van der Waals surface area contributed by atoms with Crippen molar-refractivity contribution in [2.75, 3.05) is 0 Å². The van der Waals surface area contributed by atoms with Crippen LogP contribution in [-0.2, 0) is 0 Å². The van der Waals surface area contributed by atoms with Crippen LogP contribution in [0.25, 0.3) is 0 Å². The number of hydrogen-bond acceptors (Lipinski definition) is 4. The van der Waals surface area contributed by atoms with E-state index in [1.807, 2.05) is 0 Å². The van der Waals surface area contributed by atoms with E-state index in [0.29, 0.717) is 17.6 Å². The zero-order chi connectivity index (χ0) is 11.4. The highest BCUT2D eigenvalue weighted by Gasteiger charge is 2.11. The maximum atomic E-state index is 11.5. The Morgan fingerprint density at radius 1 is 1.25 bits per heavy atom. The Kier molecular flexibility index (Phi) is 2.82. The minimum Gasteiger partial charge on any atom is -0.457 e. The fraction of sp³-hybridized carbons (Fsp3) is 0. The molecule has 0 radical (unpaired) electrons. The van der Waals surface area contributed by atoms with E-state index in [9.17, 15) is 9.59 Å². The van der Waals surface area contributed by atoms with E-state index < -0.39 is 5.97 Å². The number of aldehydes is 1. The number of carbonyl (C=O) groups is 2. The molecule has 0 unspecified atom stereocenters. The number of hydrogen-bond donors (Lipinski definition) is 0. The number of carbonyl (C=O) groups excluding carboxylic acids is 2. The van der Waals surface area contributed by atoms with Crippen LogP contribution in [0.1, 0.15) is 20.9 Å². The van der Waals surface area contributed by atoms with Gasteiger partial charge in [-0.25, -0.2) is 4.79 Å². The summed E-state index contributed by atoms with van der Waals surface area (Å²) in [5, 5.41) is 0. The number of esters is 1. The van der Waals surface area contributed by atoms with Gasteiger partial charge >= 0.3 is 5.97 Å². The molecule has 2 aromatic rings. The first-order valence-corrected chi connectivity index (χ1v) is 4.60. The van der Waals surface area contributed by atoms with E-state index in [1.54, 1.807) is 24.3 Å². The lowest BCUT2D eigenvalue weighted by Crippen LogP contribution is -2.07. The van der Waals surface area contributed by atoms with Crippen LogP contribution in [0.2, 0.25) is 0 Å². The second-order valence-electron chi connectivity index (χ2n) is 3.06. The molecule has 0 aliphatic carbocycles. The molecule has 80 valence electrons. The highest BCUT2D eigenvalue weighted by atomic mass is 16.5. The number of furan rings is 1. The molecule has 0 aliphatic heterocycles. The van der Waals surface area contributed by atoms with Crippen molar-refractivity contribution < 1.29 is 18.7 Å². The Labute approximate surface area is 91.4 Å². The molecule has 0 spiro atoms. The molecule has 0 fully saturated rings. The Balaban J connectivity index is 2.15. The van der Waals surface area contributed by atoms with Crippen LogP contribution >= 0.6 is 0 Å². The van der Waals surface area contributed by atoms with Crippen LogP contribution in [0.15, 0.2) is 47.1 Å². The topological polar surface area (TPSA) is 56.5 Å². The number of ether oxygens (including phenoxy) is 1. The second-order valence-corrected chi connectivity index (χ2v) is 3.06. The van der Waals surface area contributed by atoms with Gasteiger partial charge in [0.2, 0.25) is 5.76 Å². The molecule has 0 bridgehead atoms. The highest BCUT2D eigenvalue weighted by molar-refractivity contribution is 5.88. The third-order valence-corrected chi connectivity index (χ3v) is 1.93. The van der Waals surface area contributed by atoms with Crippen molar-refractivity contribution in [3.8, 4) is 5.75 Å². The second kappa shape index (κ2) is 4.44. The first kappa shape index (κ1) is 10.2. The van der Waals surface area contributed by atoms with Crippen molar-refractivity contribution in [3.05, 3.63) is 54.0 Å². The average Bonchev–Trinajstić information content (AvgIpc) is 2.83. The van der Waals surface area contributed by atoms with Gasteiger partial charge in [-0.05, 0) is 24.3 Å². The fourth-order valence-electron chi connectivity index (χ4n) is 1.20. The molecule has 4 heteroatoms. The molecular formula is C12H8O4. The molecule has 1 aromatic heterocycles. The summed E-state index contributed by atoms with van der Waals surface area (Å²) >= 11 is 0. The lowest BCUT2D eigenvalue weighted by molar-refractivity contribution is 0.0701. The minimum atomic E-state index is -0.590. The molecule has 4 nitrogen and oxygen atoms in total. The number of benzene rings is 1. The quantitative estimate of drug-likeness (QED) is 0.448. The van der Waals surface area contributed by atoms with Crippen molar-refractivity contribution in [1.29, 1.82) is 0 Å². The van der Waals surface area contributed by atoms with Gasteiger partial charge in [0.1, 0.15) is 12.0 Å². The van der Waals surface area contributed by atoms with Crippen molar-refractivity contribution in [2.45, 2.75) is 0 Å². The molecule has 0 N–H and O–H groups in total. The van der Waals surface area contributed by atoms with Crippen LogP contribution in [0, 0.1) is 0 Å². The summed E-state index contributed by atoms with van der Waals surface area (Å²) in [5.41, 5.74) is 0.449. The van der Waals surface area contributed by atoms with Gasteiger partial charge in [-0.15, -0.1) is 0 Å². The molecule has 0 saturated heterocycles. The van der Waals surface area contributed by atoms with Crippen molar-refractivity contribution in [1.82, 2.24) is 0 Å². The monoisotopic (exact) mass is 216 g/mol. The van der Waals surface area contributed by atoms with Crippen molar-refractivity contribution >= 4 is 12.3 Å². The van der Waals surface area contributed by atoms with E-state index in [-0.39, 0.29) is 5.76 Å². The van der Waals surface area contributed by atoms with Crippen LogP contribution in [0.3, 0.4) is 0 Å². The van der Waals surface area contributed by atoms with Gasteiger partial charge in [-0.3, -0.25) is 4.79 Å². The van der Waals surface area contributed by atoms with E-state index >= 15 is 0 Å². The summed E-state index contributed by atoms with van der Waals surface area (Å²) < 4.78 is 9.89. The summed E-state index contributed by atoms with van der Waals surface area (Å²) in [6.45, 7) is 0. The standard InChI is InChI=1S/C12H8O4/c13-8-9-3-1-4-10(7-9)16-12(14)11-5-2-6-15-11/h1-8H. The first-order chi connectivity index (χ1) is 7.79. The highest BCUT2D eigenvalue weighted by Crippen LogP contribution is 2.14. The summed E-state index contributed by atoms with van der Waals surface area (Å²) in [6, 6.07) is 9.43. The molecule has 2 rings (SSSR count). The number of rotatable bonds is 3. The third-order valence-electron chi connectivity index (χ3n) is 1.93. The molecule has 16 heavy (non-hydrogen) atoms. The Morgan fingerprint density at radius 3 is 2.81 bits per heavy atom. The Bertz CT molecular complexity index is 499. The summed E-state index contributed by atoms with van der Waals surface area (Å²) in [5.74, 6) is -0.157. The Morgan fingerprint density at radius 2 is 2.12 bits per heavy atom. The minimum absolute atomic E-state index is 0.122. The summed E-state index contributed by atoms with van der Waals surface area (Å²) in [4.78, 5) is 22.0. The maximum Gasteiger partial charge on any atom is 0.379 e. The third kappa shape index (κ3) is 2.17. The van der Waals surface area contributed by atoms with Crippen molar-refractivity contribution in [2.24, 2.45) is 0 Å². The maximum absolute atomic E-state index is 11.5. The van der Waals surface area contributed by atoms with Gasteiger partial charge in [0.25, 0.3) is 0 Å². The SMILES string of the molecule is O=Cc1cccc(OC(=O)c2ccco2)c1. The molecule has 0 amide bonds. The molecule has 0 saturated carbocycles. The molecular weight excluding hydrogens is 208 g/mol. The smallest absolute Gasteiger partial charge is 0.379 e. The first-order valence-electron chi connectivity index (χ1n) is 4.60. The van der Waals surface area contributed by atoms with Gasteiger partial charge < -0.3 is 9.15 Å². The summed E-state index contributed by atoms with van der Waals surface area (Å²) in [6.07, 6.45) is 2.07. The summed E-state index contributed by atoms with van der Waals surface area (Å²) in [7, 11) is 0. The van der Waals surface area contributed by atoms with Gasteiger partial charge in [0.15, 0.2) is 0 Å². The molecule has 1 aromatic carbocycles. The largest absolute Gasteiger partial charge is 0.457 e. The van der Waals surface area contributed by atoms with Gasteiger partial charge in [-0.1, -0.05) is 12.1 Å². The van der Waals surface area contributed by atoms with Gasteiger partial charge in [0, 0.05) is 5.56 Å². The van der Waals surface area contributed by atoms with Gasteiger partial charge in [-0.2, -0.15) is 0 Å². The van der Waals surface area contributed by atoms with E-state index in [0.717, 1.165) is 0 Å².